The van der Waals surface area contributed by atoms with E-state index in [2.05, 4.69) is 5.32 Å². The normalized spacial score (nSPS) is 12.6. The topological polar surface area (TPSA) is 81.7 Å². The lowest BCUT2D eigenvalue weighted by atomic mass is 10.1. The first-order valence-electron chi connectivity index (χ1n) is 9.20. The summed E-state index contributed by atoms with van der Waals surface area (Å²) in [6.07, 6.45) is 5.23. The van der Waals surface area contributed by atoms with Crippen molar-refractivity contribution in [3.8, 4) is 0 Å². The van der Waals surface area contributed by atoms with Gasteiger partial charge in [-0.05, 0) is 55.5 Å². The first kappa shape index (κ1) is 20.7. The summed E-state index contributed by atoms with van der Waals surface area (Å²) in [5.74, 6) is -2.08. The smallest absolute Gasteiger partial charge is 0.341 e. The number of amides is 1. The Balaban J connectivity index is 1.57. The molecule has 1 heterocycles. The number of nitrogens with one attached hydrogen (secondary N) is 1. The van der Waals surface area contributed by atoms with Crippen LogP contribution in [0.15, 0.2) is 30.3 Å². The molecule has 0 radical (unpaired) electrons. The van der Waals surface area contributed by atoms with Crippen LogP contribution >= 0.6 is 11.3 Å². The number of rotatable bonds is 7. The Morgan fingerprint density at radius 2 is 1.93 bits per heavy atom. The number of aryl methyl sites for hydroxylation is 1. The summed E-state index contributed by atoms with van der Waals surface area (Å²) in [4.78, 5) is 37.3. The van der Waals surface area contributed by atoms with Gasteiger partial charge in [0.2, 0.25) is 0 Å². The highest BCUT2D eigenvalue weighted by molar-refractivity contribution is 7.17. The van der Waals surface area contributed by atoms with Crippen LogP contribution in [0.1, 0.15) is 39.7 Å². The minimum Gasteiger partial charge on any atom is -0.462 e. The second kappa shape index (κ2) is 9.47. The van der Waals surface area contributed by atoms with Gasteiger partial charge >= 0.3 is 11.9 Å². The van der Waals surface area contributed by atoms with E-state index in [1.807, 2.05) is 0 Å². The standard InChI is InChI=1S/C21H20FNO5S/c1-2-27-21(26)19-15-4-3-5-16(15)29-20(19)23-17(24)12-28-18(25)11-8-13-6-9-14(22)10-7-13/h6-11H,2-5,12H2,1H3,(H,23,24)/b11-8+. The van der Waals surface area contributed by atoms with E-state index in [1.54, 1.807) is 6.92 Å². The van der Waals surface area contributed by atoms with Crippen LogP contribution in [0.2, 0.25) is 0 Å². The molecular weight excluding hydrogens is 397 g/mol. The molecule has 1 aromatic heterocycles. The Kier molecular flexibility index (Phi) is 6.77. The molecule has 0 spiro atoms. The van der Waals surface area contributed by atoms with Crippen LogP contribution < -0.4 is 5.32 Å². The monoisotopic (exact) mass is 417 g/mol. The average molecular weight is 417 g/mol. The number of fused-ring (bicyclic) bond motifs is 1. The zero-order chi connectivity index (χ0) is 20.8. The first-order chi connectivity index (χ1) is 14.0. The van der Waals surface area contributed by atoms with E-state index in [1.165, 1.54) is 41.7 Å². The van der Waals surface area contributed by atoms with Crippen LogP contribution in [0.4, 0.5) is 9.39 Å². The van der Waals surface area contributed by atoms with E-state index in [0.717, 1.165) is 35.8 Å². The molecule has 0 saturated heterocycles. The van der Waals surface area contributed by atoms with Gasteiger partial charge in [0.15, 0.2) is 6.61 Å². The third-order valence-corrected chi connectivity index (χ3v) is 5.49. The highest BCUT2D eigenvalue weighted by Crippen LogP contribution is 2.39. The zero-order valence-corrected chi connectivity index (χ0v) is 16.6. The molecule has 0 saturated carbocycles. The Hall–Kier alpha value is -3.00. The molecule has 29 heavy (non-hydrogen) atoms. The fraction of sp³-hybridized carbons (Fsp3) is 0.286. The molecule has 152 valence electrons. The van der Waals surface area contributed by atoms with Crippen molar-refractivity contribution in [3.63, 3.8) is 0 Å². The van der Waals surface area contributed by atoms with Gasteiger partial charge in [-0.25, -0.2) is 14.0 Å². The van der Waals surface area contributed by atoms with Gasteiger partial charge in [0, 0.05) is 11.0 Å². The lowest BCUT2D eigenvalue weighted by Gasteiger charge is -2.08. The summed E-state index contributed by atoms with van der Waals surface area (Å²) < 4.78 is 22.9. The third kappa shape index (κ3) is 5.29. The van der Waals surface area contributed by atoms with Crippen molar-refractivity contribution in [2.45, 2.75) is 26.2 Å². The molecule has 1 aliphatic carbocycles. The maximum absolute atomic E-state index is 12.9. The molecule has 1 aliphatic rings. The number of benzene rings is 1. The van der Waals surface area contributed by atoms with E-state index in [-0.39, 0.29) is 12.4 Å². The fourth-order valence-corrected chi connectivity index (χ4v) is 4.29. The molecule has 0 fully saturated rings. The van der Waals surface area contributed by atoms with Crippen LogP contribution in [-0.2, 0) is 31.9 Å². The molecule has 1 amide bonds. The van der Waals surface area contributed by atoms with Crippen LogP contribution in [0.3, 0.4) is 0 Å². The van der Waals surface area contributed by atoms with Crippen molar-refractivity contribution in [1.29, 1.82) is 0 Å². The number of carbonyl (C=O) groups excluding carboxylic acids is 3. The summed E-state index contributed by atoms with van der Waals surface area (Å²) in [6, 6.07) is 5.58. The first-order valence-corrected chi connectivity index (χ1v) is 10.0. The molecular formula is C21H20FNO5S. The molecule has 0 aliphatic heterocycles. The molecule has 0 bridgehead atoms. The fourth-order valence-electron chi connectivity index (χ4n) is 3.00. The Morgan fingerprint density at radius 3 is 2.66 bits per heavy atom. The molecule has 1 aromatic carbocycles. The van der Waals surface area contributed by atoms with Crippen molar-refractivity contribution in [1.82, 2.24) is 0 Å². The number of ether oxygens (including phenoxy) is 2. The molecule has 2 aromatic rings. The molecule has 8 heteroatoms. The van der Waals surface area contributed by atoms with Gasteiger partial charge in [-0.15, -0.1) is 11.3 Å². The largest absolute Gasteiger partial charge is 0.462 e. The van der Waals surface area contributed by atoms with Gasteiger partial charge in [-0.1, -0.05) is 12.1 Å². The second-order valence-electron chi connectivity index (χ2n) is 6.32. The van der Waals surface area contributed by atoms with Crippen LogP contribution in [-0.4, -0.2) is 31.1 Å². The Labute approximate surface area is 171 Å². The van der Waals surface area contributed by atoms with Crippen molar-refractivity contribution in [2.75, 3.05) is 18.5 Å². The average Bonchev–Trinajstić information content (AvgIpc) is 3.26. The van der Waals surface area contributed by atoms with Gasteiger partial charge in [0.05, 0.1) is 12.2 Å². The molecule has 0 unspecified atom stereocenters. The number of carbonyl (C=O) groups is 3. The molecule has 6 nitrogen and oxygen atoms in total. The van der Waals surface area contributed by atoms with E-state index in [0.29, 0.717) is 16.1 Å². The molecule has 3 rings (SSSR count). The summed E-state index contributed by atoms with van der Waals surface area (Å²) in [5, 5.41) is 3.08. The minimum atomic E-state index is -0.705. The van der Waals surface area contributed by atoms with E-state index in [4.69, 9.17) is 9.47 Å². The van der Waals surface area contributed by atoms with Crippen molar-refractivity contribution >= 4 is 40.3 Å². The Bertz CT molecular complexity index is 949. The number of esters is 2. The van der Waals surface area contributed by atoms with Gasteiger partial charge in [0.1, 0.15) is 10.8 Å². The predicted octanol–water partition coefficient (Wildman–Crippen LogP) is 3.75. The summed E-state index contributed by atoms with van der Waals surface area (Å²) >= 11 is 1.36. The number of thiophene rings is 1. The van der Waals surface area contributed by atoms with Gasteiger partial charge in [0.25, 0.3) is 5.91 Å². The summed E-state index contributed by atoms with van der Waals surface area (Å²) in [7, 11) is 0. The predicted molar refractivity (Wildman–Crippen MR) is 107 cm³/mol. The molecule has 0 atom stereocenters. The summed E-state index contributed by atoms with van der Waals surface area (Å²) in [6.45, 7) is 1.48. The SMILES string of the molecule is CCOC(=O)c1c(NC(=O)COC(=O)/C=C/c2ccc(F)cc2)sc2c1CCC2. The van der Waals surface area contributed by atoms with Gasteiger partial charge in [-0.3, -0.25) is 4.79 Å². The maximum Gasteiger partial charge on any atom is 0.341 e. The maximum atomic E-state index is 12.9. The van der Waals surface area contributed by atoms with Crippen LogP contribution in [0, 0.1) is 5.82 Å². The quantitative estimate of drug-likeness (QED) is 0.548. The minimum absolute atomic E-state index is 0.245. The second-order valence-corrected chi connectivity index (χ2v) is 7.43. The number of hydrogen-bond donors (Lipinski definition) is 1. The van der Waals surface area contributed by atoms with Crippen molar-refractivity contribution in [3.05, 3.63) is 57.7 Å². The van der Waals surface area contributed by atoms with E-state index < -0.39 is 24.5 Å². The number of anilines is 1. The number of halogens is 1. The lowest BCUT2D eigenvalue weighted by molar-refractivity contribution is -0.142. The van der Waals surface area contributed by atoms with Gasteiger partial charge < -0.3 is 14.8 Å². The van der Waals surface area contributed by atoms with E-state index in [9.17, 15) is 18.8 Å². The summed E-state index contributed by atoms with van der Waals surface area (Å²) in [5.41, 5.74) is 1.96. The number of hydrogen-bond acceptors (Lipinski definition) is 6. The Morgan fingerprint density at radius 1 is 1.17 bits per heavy atom. The van der Waals surface area contributed by atoms with Crippen LogP contribution in [0.5, 0.6) is 0 Å². The van der Waals surface area contributed by atoms with Crippen LogP contribution in [0.25, 0.3) is 6.08 Å². The lowest BCUT2D eigenvalue weighted by Crippen LogP contribution is -2.21. The molecule has 1 N–H and O–H groups in total. The van der Waals surface area contributed by atoms with Gasteiger partial charge in [-0.2, -0.15) is 0 Å². The van der Waals surface area contributed by atoms with Crippen molar-refractivity contribution in [2.24, 2.45) is 0 Å². The van der Waals surface area contributed by atoms with E-state index >= 15 is 0 Å². The highest BCUT2D eigenvalue weighted by Gasteiger charge is 2.28. The zero-order valence-electron chi connectivity index (χ0n) is 15.8. The highest BCUT2D eigenvalue weighted by atomic mass is 32.1. The van der Waals surface area contributed by atoms with Crippen molar-refractivity contribution < 1.29 is 28.2 Å². The third-order valence-electron chi connectivity index (χ3n) is 4.28.